The number of thioether (sulfide) groups is 1. The van der Waals surface area contributed by atoms with E-state index in [2.05, 4.69) is 0 Å². The van der Waals surface area contributed by atoms with E-state index in [1.165, 1.54) is 11.8 Å². The van der Waals surface area contributed by atoms with Crippen molar-refractivity contribution < 1.29 is 15.0 Å². The molecular weight excluding hydrogens is 188 g/mol. The Morgan fingerprint density at radius 2 is 2.38 bits per heavy atom. The maximum absolute atomic E-state index is 11.1. The van der Waals surface area contributed by atoms with Gasteiger partial charge in [0.2, 0.25) is 0 Å². The molecule has 2 N–H and O–H groups in total. The molecule has 1 heterocycles. The molecule has 0 spiro atoms. The molecule has 4 heteroatoms. The van der Waals surface area contributed by atoms with Crippen molar-refractivity contribution in [3.63, 3.8) is 0 Å². The van der Waals surface area contributed by atoms with Gasteiger partial charge < -0.3 is 10.2 Å². The fourth-order valence-corrected chi connectivity index (χ4v) is 3.24. The van der Waals surface area contributed by atoms with Crippen LogP contribution in [0, 0.1) is 5.92 Å². The summed E-state index contributed by atoms with van der Waals surface area (Å²) in [5.74, 6) is 0.307. The molecular formula is C9H16O3S. The van der Waals surface area contributed by atoms with Gasteiger partial charge in [0.25, 0.3) is 0 Å². The lowest BCUT2D eigenvalue weighted by atomic mass is 9.92. The molecule has 1 saturated heterocycles. The Balaban J connectivity index is 2.62. The Kier molecular flexibility index (Phi) is 3.62. The van der Waals surface area contributed by atoms with Crippen LogP contribution in [0.15, 0.2) is 0 Å². The van der Waals surface area contributed by atoms with Crippen molar-refractivity contribution in [2.24, 2.45) is 5.92 Å². The van der Waals surface area contributed by atoms with Gasteiger partial charge in [0, 0.05) is 6.61 Å². The van der Waals surface area contributed by atoms with Crippen LogP contribution in [-0.2, 0) is 4.79 Å². The van der Waals surface area contributed by atoms with E-state index in [0.717, 1.165) is 18.6 Å². The van der Waals surface area contributed by atoms with Crippen LogP contribution in [0.25, 0.3) is 0 Å². The van der Waals surface area contributed by atoms with Crippen LogP contribution in [0.1, 0.15) is 26.2 Å². The van der Waals surface area contributed by atoms with E-state index in [1.54, 1.807) is 0 Å². The number of aliphatic hydroxyl groups excluding tert-OH is 1. The molecule has 0 bridgehead atoms. The highest BCUT2D eigenvalue weighted by Crippen LogP contribution is 2.42. The summed E-state index contributed by atoms with van der Waals surface area (Å²) in [5, 5.41) is 18.0. The molecule has 0 aromatic heterocycles. The fraction of sp³-hybridized carbons (Fsp3) is 0.889. The van der Waals surface area contributed by atoms with E-state index >= 15 is 0 Å². The van der Waals surface area contributed by atoms with Crippen LogP contribution in [0.3, 0.4) is 0 Å². The first-order valence-electron chi connectivity index (χ1n) is 4.59. The number of hydrogen-bond donors (Lipinski definition) is 2. The molecule has 0 aromatic carbocycles. The molecule has 13 heavy (non-hydrogen) atoms. The summed E-state index contributed by atoms with van der Waals surface area (Å²) in [5.41, 5.74) is 0. The summed E-state index contributed by atoms with van der Waals surface area (Å²) < 4.78 is -0.609. The lowest BCUT2D eigenvalue weighted by Gasteiger charge is -2.25. The summed E-state index contributed by atoms with van der Waals surface area (Å²) in [6, 6.07) is 0. The molecule has 1 rings (SSSR count). The maximum atomic E-state index is 11.1. The molecule has 3 nitrogen and oxygen atoms in total. The van der Waals surface area contributed by atoms with E-state index in [9.17, 15) is 4.79 Å². The van der Waals surface area contributed by atoms with Gasteiger partial charge in [-0.2, -0.15) is 0 Å². The van der Waals surface area contributed by atoms with Crippen molar-refractivity contribution in [3.8, 4) is 0 Å². The second-order valence-corrected chi connectivity index (χ2v) is 5.22. The highest BCUT2D eigenvalue weighted by Gasteiger charge is 2.42. The number of aliphatic carboxylic acids is 1. The van der Waals surface area contributed by atoms with E-state index < -0.39 is 10.7 Å². The topological polar surface area (TPSA) is 57.5 Å². The van der Waals surface area contributed by atoms with Gasteiger partial charge in [0.05, 0.1) is 0 Å². The third kappa shape index (κ3) is 2.38. The van der Waals surface area contributed by atoms with E-state index in [4.69, 9.17) is 10.2 Å². The Hall–Kier alpha value is -0.220. The summed E-state index contributed by atoms with van der Waals surface area (Å²) >= 11 is 1.53. The highest BCUT2D eigenvalue weighted by atomic mass is 32.2. The second kappa shape index (κ2) is 4.33. The van der Waals surface area contributed by atoms with Gasteiger partial charge in [0.15, 0.2) is 0 Å². The molecule has 0 saturated carbocycles. The molecule has 1 fully saturated rings. The molecule has 0 amide bonds. The summed E-state index contributed by atoms with van der Waals surface area (Å²) in [6.45, 7) is 1.97. The molecule has 2 unspecified atom stereocenters. The van der Waals surface area contributed by atoms with E-state index in [1.807, 2.05) is 6.92 Å². The number of hydrogen-bond acceptors (Lipinski definition) is 3. The predicted molar refractivity (Wildman–Crippen MR) is 52.9 cm³/mol. The Morgan fingerprint density at radius 1 is 1.69 bits per heavy atom. The van der Waals surface area contributed by atoms with E-state index in [-0.39, 0.29) is 12.5 Å². The van der Waals surface area contributed by atoms with Crippen molar-refractivity contribution in [1.82, 2.24) is 0 Å². The summed E-state index contributed by atoms with van der Waals surface area (Å²) in [7, 11) is 0. The van der Waals surface area contributed by atoms with Gasteiger partial charge in [-0.1, -0.05) is 6.92 Å². The van der Waals surface area contributed by atoms with Crippen molar-refractivity contribution in [1.29, 1.82) is 0 Å². The Labute approximate surface area is 82.5 Å². The van der Waals surface area contributed by atoms with Gasteiger partial charge in [-0.3, -0.25) is 4.79 Å². The van der Waals surface area contributed by atoms with Crippen LogP contribution in [0.2, 0.25) is 0 Å². The molecule has 76 valence electrons. The van der Waals surface area contributed by atoms with Crippen LogP contribution in [0.4, 0.5) is 0 Å². The lowest BCUT2D eigenvalue weighted by Crippen LogP contribution is -2.34. The molecule has 0 radical (unpaired) electrons. The second-order valence-electron chi connectivity index (χ2n) is 3.74. The zero-order valence-corrected chi connectivity index (χ0v) is 8.64. The van der Waals surface area contributed by atoms with E-state index in [0.29, 0.717) is 6.42 Å². The van der Waals surface area contributed by atoms with Crippen molar-refractivity contribution >= 4 is 17.7 Å². The normalized spacial score (nSPS) is 30.3. The molecule has 0 aromatic rings. The van der Waals surface area contributed by atoms with Crippen LogP contribution >= 0.6 is 11.8 Å². The lowest BCUT2D eigenvalue weighted by molar-refractivity contribution is -0.140. The predicted octanol–water partition coefficient (Wildman–Crippen LogP) is 1.36. The minimum atomic E-state index is -0.713. The average Bonchev–Trinajstić information content (AvgIpc) is 2.54. The van der Waals surface area contributed by atoms with Crippen LogP contribution < -0.4 is 0 Å². The average molecular weight is 204 g/mol. The summed E-state index contributed by atoms with van der Waals surface area (Å²) in [4.78, 5) is 11.1. The minimum absolute atomic E-state index is 0.0790. The van der Waals surface area contributed by atoms with Crippen molar-refractivity contribution in [2.75, 3.05) is 12.4 Å². The van der Waals surface area contributed by atoms with Crippen LogP contribution in [-0.4, -0.2) is 33.3 Å². The SMILES string of the molecule is CC(CO)CC1(C(=O)O)CCCS1. The van der Waals surface area contributed by atoms with Crippen molar-refractivity contribution in [2.45, 2.75) is 30.9 Å². The van der Waals surface area contributed by atoms with Crippen LogP contribution in [0.5, 0.6) is 0 Å². The zero-order chi connectivity index (χ0) is 9.90. The largest absolute Gasteiger partial charge is 0.480 e. The first-order valence-corrected chi connectivity index (χ1v) is 5.57. The van der Waals surface area contributed by atoms with Gasteiger partial charge in [-0.05, 0) is 30.9 Å². The third-order valence-electron chi connectivity index (χ3n) is 2.48. The number of aliphatic hydroxyl groups is 1. The monoisotopic (exact) mass is 204 g/mol. The quantitative estimate of drug-likeness (QED) is 0.726. The first kappa shape index (κ1) is 10.9. The van der Waals surface area contributed by atoms with Gasteiger partial charge in [-0.25, -0.2) is 0 Å². The zero-order valence-electron chi connectivity index (χ0n) is 7.82. The number of carboxylic acid groups (broad SMARTS) is 1. The van der Waals surface area contributed by atoms with Gasteiger partial charge in [0.1, 0.15) is 4.75 Å². The molecule has 1 aliphatic rings. The Morgan fingerprint density at radius 3 is 2.77 bits per heavy atom. The fourth-order valence-electron chi connectivity index (χ4n) is 1.74. The maximum Gasteiger partial charge on any atom is 0.319 e. The Bertz CT molecular complexity index is 187. The third-order valence-corrected chi connectivity index (χ3v) is 4.07. The number of carboxylic acids is 1. The van der Waals surface area contributed by atoms with Gasteiger partial charge >= 0.3 is 5.97 Å². The first-order chi connectivity index (χ1) is 6.10. The number of rotatable bonds is 4. The minimum Gasteiger partial charge on any atom is -0.480 e. The number of carbonyl (C=O) groups is 1. The van der Waals surface area contributed by atoms with Crippen molar-refractivity contribution in [3.05, 3.63) is 0 Å². The molecule has 0 aliphatic carbocycles. The smallest absolute Gasteiger partial charge is 0.319 e. The summed E-state index contributed by atoms with van der Waals surface area (Å²) in [6.07, 6.45) is 2.32. The standard InChI is InChI=1S/C9H16O3S/c1-7(6-10)5-9(8(11)12)3-2-4-13-9/h7,10H,2-6H2,1H3,(H,11,12). The molecule has 1 aliphatic heterocycles. The molecule has 2 atom stereocenters. The highest BCUT2D eigenvalue weighted by molar-refractivity contribution is 8.01. The van der Waals surface area contributed by atoms with Gasteiger partial charge in [-0.15, -0.1) is 11.8 Å².